The zero-order chi connectivity index (χ0) is 10.1. The minimum atomic E-state index is 0.271. The molecule has 0 amide bonds. The Kier molecular flexibility index (Phi) is 2.86. The molecule has 1 saturated heterocycles. The molecule has 4 heteroatoms. The molecule has 2 nitrogen and oxygen atoms in total. The van der Waals surface area contributed by atoms with Crippen molar-refractivity contribution < 1.29 is 0 Å². The van der Waals surface area contributed by atoms with Gasteiger partial charge in [-0.3, -0.25) is 0 Å². The molecular formula is C10H12Cl2N2. The van der Waals surface area contributed by atoms with Crippen LogP contribution in [0.4, 0.5) is 5.69 Å². The third kappa shape index (κ3) is 2.14. The van der Waals surface area contributed by atoms with Gasteiger partial charge in [0.05, 0.1) is 0 Å². The van der Waals surface area contributed by atoms with Crippen molar-refractivity contribution in [3.05, 3.63) is 28.2 Å². The summed E-state index contributed by atoms with van der Waals surface area (Å²) in [6.07, 6.45) is 1.03. The molecule has 1 aromatic rings. The first-order chi connectivity index (χ1) is 6.65. The summed E-state index contributed by atoms with van der Waals surface area (Å²) in [4.78, 5) is 2.21. The zero-order valence-corrected chi connectivity index (χ0v) is 9.22. The van der Waals surface area contributed by atoms with E-state index in [-0.39, 0.29) is 6.04 Å². The van der Waals surface area contributed by atoms with E-state index in [2.05, 4.69) is 4.90 Å². The van der Waals surface area contributed by atoms with Crippen LogP contribution in [0.2, 0.25) is 10.0 Å². The summed E-state index contributed by atoms with van der Waals surface area (Å²) in [7, 11) is 0. The SMILES string of the molecule is NC1CCN(c2cc(Cl)cc(Cl)c2)C1. The molecule has 0 aromatic heterocycles. The molecular weight excluding hydrogens is 219 g/mol. The number of hydrogen-bond donors (Lipinski definition) is 1. The molecule has 76 valence electrons. The van der Waals surface area contributed by atoms with Gasteiger partial charge in [-0.15, -0.1) is 0 Å². The van der Waals surface area contributed by atoms with Crippen LogP contribution in [-0.4, -0.2) is 19.1 Å². The first-order valence-corrected chi connectivity index (χ1v) is 5.37. The van der Waals surface area contributed by atoms with E-state index in [0.717, 1.165) is 25.2 Å². The number of nitrogens with two attached hydrogens (primary N) is 1. The predicted molar refractivity (Wildman–Crippen MR) is 61.3 cm³/mol. The Morgan fingerprint density at radius 1 is 1.21 bits per heavy atom. The fourth-order valence-corrected chi connectivity index (χ4v) is 2.26. The monoisotopic (exact) mass is 230 g/mol. The molecule has 1 unspecified atom stereocenters. The highest BCUT2D eigenvalue weighted by atomic mass is 35.5. The van der Waals surface area contributed by atoms with Gasteiger partial charge in [-0.05, 0) is 24.6 Å². The van der Waals surface area contributed by atoms with Crippen LogP contribution >= 0.6 is 23.2 Å². The number of halogens is 2. The van der Waals surface area contributed by atoms with Gasteiger partial charge in [0.1, 0.15) is 0 Å². The maximum atomic E-state index is 5.92. The van der Waals surface area contributed by atoms with E-state index in [9.17, 15) is 0 Å². The van der Waals surface area contributed by atoms with Gasteiger partial charge in [-0.2, -0.15) is 0 Å². The molecule has 1 fully saturated rings. The van der Waals surface area contributed by atoms with Gasteiger partial charge in [0.15, 0.2) is 0 Å². The summed E-state index contributed by atoms with van der Waals surface area (Å²) < 4.78 is 0. The van der Waals surface area contributed by atoms with E-state index in [1.165, 1.54) is 0 Å². The van der Waals surface area contributed by atoms with E-state index in [0.29, 0.717) is 10.0 Å². The lowest BCUT2D eigenvalue weighted by molar-refractivity contribution is 0.752. The van der Waals surface area contributed by atoms with Crippen LogP contribution in [0, 0.1) is 0 Å². The average Bonchev–Trinajstić information content (AvgIpc) is 2.50. The highest BCUT2D eigenvalue weighted by Crippen LogP contribution is 2.27. The smallest absolute Gasteiger partial charge is 0.0441 e. The van der Waals surface area contributed by atoms with Gasteiger partial charge in [-0.25, -0.2) is 0 Å². The summed E-state index contributed by atoms with van der Waals surface area (Å²) in [5.74, 6) is 0. The number of rotatable bonds is 1. The Morgan fingerprint density at radius 2 is 1.86 bits per heavy atom. The van der Waals surface area contributed by atoms with Gasteiger partial charge in [0, 0.05) is 34.9 Å². The van der Waals surface area contributed by atoms with Crippen LogP contribution < -0.4 is 10.6 Å². The van der Waals surface area contributed by atoms with Crippen LogP contribution in [0.5, 0.6) is 0 Å². The topological polar surface area (TPSA) is 29.3 Å². The van der Waals surface area contributed by atoms with Crippen LogP contribution in [0.15, 0.2) is 18.2 Å². The van der Waals surface area contributed by atoms with Crippen molar-refractivity contribution in [1.82, 2.24) is 0 Å². The lowest BCUT2D eigenvalue weighted by Crippen LogP contribution is -2.26. The predicted octanol–water partition coefficient (Wildman–Crippen LogP) is 2.53. The minimum absolute atomic E-state index is 0.271. The third-order valence-electron chi connectivity index (χ3n) is 2.44. The maximum absolute atomic E-state index is 5.92. The van der Waals surface area contributed by atoms with Crippen molar-refractivity contribution in [3.63, 3.8) is 0 Å². The first-order valence-electron chi connectivity index (χ1n) is 4.62. The lowest BCUT2D eigenvalue weighted by Gasteiger charge is -2.18. The molecule has 0 saturated carbocycles. The molecule has 0 aliphatic carbocycles. The molecule has 2 rings (SSSR count). The molecule has 1 aromatic carbocycles. The third-order valence-corrected chi connectivity index (χ3v) is 2.87. The van der Waals surface area contributed by atoms with Crippen molar-refractivity contribution in [2.24, 2.45) is 5.73 Å². The van der Waals surface area contributed by atoms with Gasteiger partial charge in [0.2, 0.25) is 0 Å². The van der Waals surface area contributed by atoms with Crippen LogP contribution in [-0.2, 0) is 0 Å². The van der Waals surface area contributed by atoms with Crippen molar-refractivity contribution in [3.8, 4) is 0 Å². The molecule has 0 spiro atoms. The Balaban J connectivity index is 2.23. The lowest BCUT2D eigenvalue weighted by atomic mass is 10.3. The average molecular weight is 231 g/mol. The van der Waals surface area contributed by atoms with E-state index < -0.39 is 0 Å². The van der Waals surface area contributed by atoms with Crippen molar-refractivity contribution in [2.75, 3.05) is 18.0 Å². The van der Waals surface area contributed by atoms with Crippen LogP contribution in [0.1, 0.15) is 6.42 Å². The molecule has 1 atom stereocenters. The Hall–Kier alpha value is -0.440. The second-order valence-corrected chi connectivity index (χ2v) is 4.50. The molecule has 14 heavy (non-hydrogen) atoms. The van der Waals surface area contributed by atoms with Crippen LogP contribution in [0.25, 0.3) is 0 Å². The standard InChI is InChI=1S/C10H12Cl2N2/c11-7-3-8(12)5-10(4-7)14-2-1-9(13)6-14/h3-5,9H,1-2,6,13H2. The summed E-state index contributed by atoms with van der Waals surface area (Å²) in [6.45, 7) is 1.87. The highest BCUT2D eigenvalue weighted by Gasteiger charge is 2.19. The van der Waals surface area contributed by atoms with Crippen molar-refractivity contribution in [1.29, 1.82) is 0 Å². The normalized spacial score (nSPS) is 21.6. The van der Waals surface area contributed by atoms with E-state index in [1.54, 1.807) is 6.07 Å². The molecule has 0 bridgehead atoms. The molecule has 2 N–H and O–H groups in total. The minimum Gasteiger partial charge on any atom is -0.370 e. The fourth-order valence-electron chi connectivity index (χ4n) is 1.74. The summed E-state index contributed by atoms with van der Waals surface area (Å²) in [5.41, 5.74) is 6.90. The van der Waals surface area contributed by atoms with E-state index in [4.69, 9.17) is 28.9 Å². The van der Waals surface area contributed by atoms with Gasteiger partial charge in [-0.1, -0.05) is 23.2 Å². The molecule has 0 radical (unpaired) electrons. The zero-order valence-electron chi connectivity index (χ0n) is 7.71. The number of anilines is 1. The Morgan fingerprint density at radius 3 is 2.36 bits per heavy atom. The van der Waals surface area contributed by atoms with Gasteiger partial charge < -0.3 is 10.6 Å². The first kappa shape index (κ1) is 10.1. The highest BCUT2D eigenvalue weighted by molar-refractivity contribution is 6.35. The largest absolute Gasteiger partial charge is 0.370 e. The quantitative estimate of drug-likeness (QED) is 0.804. The Bertz CT molecular complexity index is 321. The van der Waals surface area contributed by atoms with Gasteiger partial charge in [0.25, 0.3) is 0 Å². The molecule has 1 heterocycles. The number of benzene rings is 1. The van der Waals surface area contributed by atoms with Gasteiger partial charge >= 0.3 is 0 Å². The Labute approximate surface area is 93.6 Å². The summed E-state index contributed by atoms with van der Waals surface area (Å²) in [6, 6.07) is 5.85. The second kappa shape index (κ2) is 3.97. The second-order valence-electron chi connectivity index (χ2n) is 3.62. The summed E-state index contributed by atoms with van der Waals surface area (Å²) >= 11 is 11.8. The maximum Gasteiger partial charge on any atom is 0.0441 e. The molecule has 1 aliphatic heterocycles. The number of nitrogens with zero attached hydrogens (tertiary/aromatic N) is 1. The molecule has 1 aliphatic rings. The number of hydrogen-bond acceptors (Lipinski definition) is 2. The van der Waals surface area contributed by atoms with Crippen LogP contribution in [0.3, 0.4) is 0 Å². The van der Waals surface area contributed by atoms with E-state index in [1.807, 2.05) is 12.1 Å². The van der Waals surface area contributed by atoms with Crippen molar-refractivity contribution >= 4 is 28.9 Å². The van der Waals surface area contributed by atoms with Crippen molar-refractivity contribution in [2.45, 2.75) is 12.5 Å². The fraction of sp³-hybridized carbons (Fsp3) is 0.400. The summed E-state index contributed by atoms with van der Waals surface area (Å²) in [5, 5.41) is 1.35. The van der Waals surface area contributed by atoms with E-state index >= 15 is 0 Å².